The fourth-order valence-corrected chi connectivity index (χ4v) is 4.47. The van der Waals surface area contributed by atoms with Crippen molar-refractivity contribution in [3.63, 3.8) is 0 Å². The van der Waals surface area contributed by atoms with E-state index in [0.717, 1.165) is 11.3 Å². The van der Waals surface area contributed by atoms with Gasteiger partial charge < -0.3 is 9.64 Å². The van der Waals surface area contributed by atoms with Gasteiger partial charge in [-0.15, -0.1) is 0 Å². The summed E-state index contributed by atoms with van der Waals surface area (Å²) in [6.45, 7) is 4.96. The van der Waals surface area contributed by atoms with Crippen LogP contribution in [0.2, 0.25) is 15.1 Å². The second-order valence-electron chi connectivity index (χ2n) is 7.98. The second-order valence-corrected chi connectivity index (χ2v) is 9.23. The minimum atomic E-state index is -0.211. The molecule has 0 bridgehead atoms. The Balaban J connectivity index is 1.61. The van der Waals surface area contributed by atoms with E-state index in [1.54, 1.807) is 30.6 Å². The molecule has 4 rings (SSSR count). The summed E-state index contributed by atoms with van der Waals surface area (Å²) in [7, 11) is 0. The largest absolute Gasteiger partial charge is 0.474 e. The van der Waals surface area contributed by atoms with Crippen LogP contribution >= 0.6 is 34.8 Å². The van der Waals surface area contributed by atoms with Gasteiger partial charge in [-0.3, -0.25) is 9.78 Å². The zero-order chi connectivity index (χ0) is 22.8. The van der Waals surface area contributed by atoms with E-state index in [-0.39, 0.29) is 23.8 Å². The molecule has 5 nitrogen and oxygen atoms in total. The molecule has 3 unspecified atom stereocenters. The van der Waals surface area contributed by atoms with Gasteiger partial charge in [-0.25, -0.2) is 4.98 Å². The van der Waals surface area contributed by atoms with Crippen LogP contribution < -0.4 is 4.74 Å². The number of benzene rings is 1. The van der Waals surface area contributed by atoms with Crippen LogP contribution in [-0.4, -0.2) is 40.0 Å². The van der Waals surface area contributed by atoms with Gasteiger partial charge in [0.1, 0.15) is 6.10 Å². The lowest BCUT2D eigenvalue weighted by molar-refractivity contribution is 0.0769. The topological polar surface area (TPSA) is 55.3 Å². The fraction of sp³-hybridized carbons (Fsp3) is 0.292. The first-order valence-corrected chi connectivity index (χ1v) is 11.4. The maximum atomic E-state index is 13.2. The third kappa shape index (κ3) is 5.01. The van der Waals surface area contributed by atoms with Crippen molar-refractivity contribution in [1.29, 1.82) is 0 Å². The van der Waals surface area contributed by atoms with Crippen molar-refractivity contribution in [2.24, 2.45) is 5.92 Å². The molecule has 8 heteroatoms. The molecule has 3 heterocycles. The highest BCUT2D eigenvalue weighted by molar-refractivity contribution is 6.42. The molecule has 3 atom stereocenters. The van der Waals surface area contributed by atoms with Crippen LogP contribution in [0.1, 0.15) is 34.5 Å². The van der Waals surface area contributed by atoms with Crippen LogP contribution in [-0.2, 0) is 0 Å². The Bertz CT molecular complexity index is 1110. The third-order valence-electron chi connectivity index (χ3n) is 5.79. The molecule has 2 aromatic heterocycles. The van der Waals surface area contributed by atoms with E-state index >= 15 is 0 Å². The maximum Gasteiger partial charge on any atom is 0.255 e. The van der Waals surface area contributed by atoms with E-state index < -0.39 is 0 Å². The number of hydrogen-bond donors (Lipinski definition) is 0. The maximum absolute atomic E-state index is 13.2. The van der Waals surface area contributed by atoms with Crippen molar-refractivity contribution < 1.29 is 9.53 Å². The molecule has 1 aromatic carbocycles. The lowest BCUT2D eigenvalue weighted by Crippen LogP contribution is -2.32. The van der Waals surface area contributed by atoms with E-state index in [1.165, 1.54) is 0 Å². The van der Waals surface area contributed by atoms with Gasteiger partial charge in [0, 0.05) is 49.1 Å². The number of ether oxygens (including phenoxy) is 1. The van der Waals surface area contributed by atoms with E-state index in [1.807, 2.05) is 43.0 Å². The van der Waals surface area contributed by atoms with Gasteiger partial charge in [0.2, 0.25) is 5.88 Å². The van der Waals surface area contributed by atoms with E-state index in [4.69, 9.17) is 39.5 Å². The number of pyridine rings is 2. The average molecular weight is 491 g/mol. The quantitative estimate of drug-likeness (QED) is 0.436. The highest BCUT2D eigenvalue weighted by atomic mass is 35.5. The number of hydrogen-bond acceptors (Lipinski definition) is 4. The van der Waals surface area contributed by atoms with E-state index in [0.29, 0.717) is 39.6 Å². The van der Waals surface area contributed by atoms with Crippen molar-refractivity contribution in [1.82, 2.24) is 14.9 Å². The molecule has 1 aliphatic rings. The van der Waals surface area contributed by atoms with Gasteiger partial charge in [-0.2, -0.15) is 0 Å². The molecule has 1 aliphatic heterocycles. The first-order chi connectivity index (χ1) is 15.3. The third-order valence-corrected chi connectivity index (χ3v) is 6.75. The Hall–Kier alpha value is -2.34. The summed E-state index contributed by atoms with van der Waals surface area (Å²) in [6.07, 6.45) is 2.96. The molecule has 0 N–H and O–H groups in total. The highest BCUT2D eigenvalue weighted by Gasteiger charge is 2.40. The van der Waals surface area contributed by atoms with Crippen molar-refractivity contribution in [2.45, 2.75) is 25.9 Å². The monoisotopic (exact) mass is 489 g/mol. The van der Waals surface area contributed by atoms with Gasteiger partial charge in [0.25, 0.3) is 5.91 Å². The first-order valence-electron chi connectivity index (χ1n) is 10.3. The number of halogens is 3. The second kappa shape index (κ2) is 9.65. The molecular formula is C24H22Cl3N3O2. The molecular weight excluding hydrogens is 469 g/mol. The number of likely N-dealkylation sites (tertiary alicyclic amines) is 1. The highest BCUT2D eigenvalue weighted by Crippen LogP contribution is 2.38. The zero-order valence-electron chi connectivity index (χ0n) is 17.6. The molecule has 1 amide bonds. The number of aryl methyl sites for hydroxylation is 1. The Morgan fingerprint density at radius 1 is 1.03 bits per heavy atom. The van der Waals surface area contributed by atoms with Crippen LogP contribution in [0.5, 0.6) is 5.88 Å². The average Bonchev–Trinajstić information content (AvgIpc) is 3.23. The lowest BCUT2D eigenvalue weighted by atomic mass is 9.86. The summed E-state index contributed by atoms with van der Waals surface area (Å²) in [6, 6.07) is 12.7. The fourth-order valence-electron chi connectivity index (χ4n) is 4.05. The van der Waals surface area contributed by atoms with Gasteiger partial charge in [0.15, 0.2) is 0 Å². The minimum absolute atomic E-state index is 0.0204. The minimum Gasteiger partial charge on any atom is -0.474 e. The molecule has 0 radical (unpaired) electrons. The first kappa shape index (κ1) is 22.8. The summed E-state index contributed by atoms with van der Waals surface area (Å²) in [5.74, 6) is 0.477. The molecule has 3 aromatic rings. The molecule has 1 fully saturated rings. The lowest BCUT2D eigenvalue weighted by Gasteiger charge is -2.25. The van der Waals surface area contributed by atoms with E-state index in [9.17, 15) is 4.79 Å². The van der Waals surface area contributed by atoms with Crippen LogP contribution in [0.25, 0.3) is 0 Å². The normalized spacial score (nSPS) is 19.1. The molecule has 0 spiro atoms. The number of amides is 1. The van der Waals surface area contributed by atoms with Crippen molar-refractivity contribution in [3.8, 4) is 5.88 Å². The predicted octanol–water partition coefficient (Wildman–Crippen LogP) is 6.07. The van der Waals surface area contributed by atoms with Gasteiger partial charge >= 0.3 is 0 Å². The van der Waals surface area contributed by atoms with Crippen molar-refractivity contribution >= 4 is 40.7 Å². The Morgan fingerprint density at radius 3 is 2.50 bits per heavy atom. The molecule has 166 valence electrons. The number of carbonyl (C=O) groups excluding carboxylic acids is 1. The Kier molecular flexibility index (Phi) is 6.89. The summed E-state index contributed by atoms with van der Waals surface area (Å²) >= 11 is 18.4. The standard InChI is InChI=1S/C24H22Cl3N3O2/c1-14-3-4-17(10-28-14)24(31)30-12-19(15(2)32-23-8-6-18(25)11-29-23)20(13-30)16-5-7-21(26)22(27)9-16/h3-11,15,19-20H,12-13H2,1-2H3. The van der Waals surface area contributed by atoms with Gasteiger partial charge in [-0.1, -0.05) is 40.9 Å². The van der Waals surface area contributed by atoms with Crippen molar-refractivity contribution in [2.75, 3.05) is 13.1 Å². The molecule has 0 saturated carbocycles. The van der Waals surface area contributed by atoms with E-state index in [2.05, 4.69) is 9.97 Å². The smallest absolute Gasteiger partial charge is 0.255 e. The van der Waals surface area contributed by atoms with Crippen molar-refractivity contribution in [3.05, 3.63) is 86.7 Å². The summed E-state index contributed by atoms with van der Waals surface area (Å²) in [4.78, 5) is 23.5. The molecule has 1 saturated heterocycles. The number of rotatable bonds is 5. The van der Waals surface area contributed by atoms with Crippen LogP contribution in [0.4, 0.5) is 0 Å². The number of nitrogens with zero attached hydrogens (tertiary/aromatic N) is 3. The van der Waals surface area contributed by atoms with Crippen LogP contribution in [0.3, 0.4) is 0 Å². The Labute approximate surface area is 202 Å². The summed E-state index contributed by atoms with van der Waals surface area (Å²) < 4.78 is 6.13. The summed E-state index contributed by atoms with van der Waals surface area (Å²) in [5.41, 5.74) is 2.45. The molecule has 32 heavy (non-hydrogen) atoms. The SMILES string of the molecule is Cc1ccc(C(=O)N2CC(c3ccc(Cl)c(Cl)c3)C(C(C)Oc3ccc(Cl)cn3)C2)cn1. The van der Waals surface area contributed by atoms with Gasteiger partial charge in [-0.05, 0) is 49.7 Å². The van der Waals surface area contributed by atoms with Crippen LogP contribution in [0.15, 0.2) is 54.9 Å². The number of carbonyl (C=O) groups is 1. The predicted molar refractivity (Wildman–Crippen MR) is 127 cm³/mol. The number of aromatic nitrogens is 2. The van der Waals surface area contributed by atoms with Crippen LogP contribution in [0, 0.1) is 12.8 Å². The van der Waals surface area contributed by atoms with Gasteiger partial charge in [0.05, 0.1) is 20.6 Å². The Morgan fingerprint density at radius 2 is 1.84 bits per heavy atom. The molecule has 0 aliphatic carbocycles. The summed E-state index contributed by atoms with van der Waals surface area (Å²) in [5, 5.41) is 1.53. The zero-order valence-corrected chi connectivity index (χ0v) is 19.9.